The van der Waals surface area contributed by atoms with Gasteiger partial charge in [0, 0.05) is 5.56 Å². The van der Waals surface area contributed by atoms with Crippen LogP contribution in [0.25, 0.3) is 0 Å². The number of nitrogens with zero attached hydrogens (tertiary/aromatic N) is 2. The smallest absolute Gasteiger partial charge is 0.491 e. The van der Waals surface area contributed by atoms with Crippen LogP contribution in [0.15, 0.2) is 6.07 Å². The van der Waals surface area contributed by atoms with E-state index in [9.17, 15) is 26.3 Å². The molecule has 0 unspecified atom stereocenters. The fourth-order valence-corrected chi connectivity index (χ4v) is 1.31. The summed E-state index contributed by atoms with van der Waals surface area (Å²) in [6, 6.07) is 2.10. The molecule has 0 saturated heterocycles. The second-order valence-corrected chi connectivity index (χ2v) is 3.38. The molecule has 0 aromatic carbocycles. The van der Waals surface area contributed by atoms with Gasteiger partial charge in [-0.3, -0.25) is 0 Å². The minimum Gasteiger partial charge on any atom is -0.491 e. The van der Waals surface area contributed by atoms with Crippen LogP contribution >= 0.6 is 0 Å². The van der Waals surface area contributed by atoms with E-state index >= 15 is 0 Å². The third-order valence-corrected chi connectivity index (χ3v) is 2.00. The number of ether oxygens (including phenoxy) is 2. The molecule has 0 radical (unpaired) electrons. The SMILES string of the molecule is COc1cc(CC#N)c(C(F)(F)F)nc1OC(F)(F)F. The van der Waals surface area contributed by atoms with Crippen molar-refractivity contribution in [3.8, 4) is 17.7 Å². The van der Waals surface area contributed by atoms with Crippen molar-refractivity contribution in [3.05, 3.63) is 17.3 Å². The lowest BCUT2D eigenvalue weighted by Crippen LogP contribution is -2.21. The summed E-state index contributed by atoms with van der Waals surface area (Å²) in [6.45, 7) is 0. The molecule has 20 heavy (non-hydrogen) atoms. The van der Waals surface area contributed by atoms with E-state index in [-0.39, 0.29) is 0 Å². The highest BCUT2D eigenvalue weighted by Gasteiger charge is 2.39. The number of rotatable bonds is 3. The maximum absolute atomic E-state index is 12.7. The molecule has 4 nitrogen and oxygen atoms in total. The van der Waals surface area contributed by atoms with E-state index in [4.69, 9.17) is 5.26 Å². The Morgan fingerprint density at radius 2 is 1.85 bits per heavy atom. The molecule has 0 fully saturated rings. The van der Waals surface area contributed by atoms with Crippen molar-refractivity contribution < 1.29 is 35.8 Å². The molecule has 0 bridgehead atoms. The van der Waals surface area contributed by atoms with Gasteiger partial charge in [0.25, 0.3) is 5.88 Å². The lowest BCUT2D eigenvalue weighted by atomic mass is 10.1. The van der Waals surface area contributed by atoms with Gasteiger partial charge in [-0.2, -0.15) is 18.4 Å². The molecule has 0 spiro atoms. The van der Waals surface area contributed by atoms with Gasteiger partial charge in [-0.1, -0.05) is 0 Å². The standard InChI is InChI=1S/C10H6F6N2O2/c1-19-6-4-5(2-3-17)7(9(11,12)13)18-8(6)20-10(14,15)16/h4H,2H2,1H3. The van der Waals surface area contributed by atoms with Crippen molar-refractivity contribution >= 4 is 0 Å². The van der Waals surface area contributed by atoms with Crippen molar-refractivity contribution in [2.45, 2.75) is 19.0 Å². The Bertz CT molecular complexity index is 532. The minimum atomic E-state index is -5.22. The summed E-state index contributed by atoms with van der Waals surface area (Å²) in [4.78, 5) is 2.78. The van der Waals surface area contributed by atoms with Crippen molar-refractivity contribution in [1.29, 1.82) is 5.26 Å². The predicted octanol–water partition coefficient (Wildman–Crippen LogP) is 3.07. The van der Waals surface area contributed by atoms with Gasteiger partial charge in [0.05, 0.1) is 19.6 Å². The van der Waals surface area contributed by atoms with Crippen LogP contribution in [0, 0.1) is 11.3 Å². The second-order valence-electron chi connectivity index (χ2n) is 3.38. The van der Waals surface area contributed by atoms with Gasteiger partial charge in [0.15, 0.2) is 11.4 Å². The van der Waals surface area contributed by atoms with Crippen LogP contribution in [-0.4, -0.2) is 18.5 Å². The summed E-state index contributed by atoms with van der Waals surface area (Å²) >= 11 is 0. The highest BCUT2D eigenvalue weighted by molar-refractivity contribution is 5.42. The average molecular weight is 300 g/mol. The van der Waals surface area contributed by atoms with Crippen LogP contribution in [0.1, 0.15) is 11.3 Å². The first-order valence-corrected chi connectivity index (χ1v) is 4.86. The fourth-order valence-electron chi connectivity index (χ4n) is 1.31. The van der Waals surface area contributed by atoms with E-state index < -0.39 is 41.8 Å². The first-order valence-electron chi connectivity index (χ1n) is 4.86. The fraction of sp³-hybridized carbons (Fsp3) is 0.400. The van der Waals surface area contributed by atoms with E-state index in [1.807, 2.05) is 0 Å². The molecule has 0 saturated carbocycles. The van der Waals surface area contributed by atoms with Gasteiger partial charge >= 0.3 is 12.5 Å². The summed E-state index contributed by atoms with van der Waals surface area (Å²) < 4.78 is 82.1. The molecule has 0 aliphatic heterocycles. The molecular weight excluding hydrogens is 294 g/mol. The molecule has 1 aromatic rings. The summed E-state index contributed by atoms with van der Waals surface area (Å²) in [6.07, 6.45) is -10.9. The topological polar surface area (TPSA) is 55.1 Å². The van der Waals surface area contributed by atoms with Gasteiger partial charge in [0.2, 0.25) is 0 Å². The molecule has 0 amide bonds. The van der Waals surface area contributed by atoms with Crippen LogP contribution in [0.3, 0.4) is 0 Å². The van der Waals surface area contributed by atoms with Crippen molar-refractivity contribution in [2.75, 3.05) is 7.11 Å². The molecule has 1 rings (SSSR count). The van der Waals surface area contributed by atoms with Crippen LogP contribution in [0.5, 0.6) is 11.6 Å². The van der Waals surface area contributed by atoms with Gasteiger partial charge in [-0.15, -0.1) is 13.2 Å². The van der Waals surface area contributed by atoms with E-state index in [1.165, 1.54) is 6.07 Å². The van der Waals surface area contributed by atoms with Crippen molar-refractivity contribution in [2.24, 2.45) is 0 Å². The molecule has 1 aromatic heterocycles. The number of nitriles is 1. The average Bonchev–Trinajstić information content (AvgIpc) is 2.27. The first kappa shape index (κ1) is 15.9. The third-order valence-electron chi connectivity index (χ3n) is 2.00. The van der Waals surface area contributed by atoms with E-state index in [1.54, 1.807) is 0 Å². The number of hydrogen-bond donors (Lipinski definition) is 0. The van der Waals surface area contributed by atoms with E-state index in [0.29, 0.717) is 6.07 Å². The van der Waals surface area contributed by atoms with Gasteiger partial charge in [0.1, 0.15) is 0 Å². The van der Waals surface area contributed by atoms with Crippen molar-refractivity contribution in [1.82, 2.24) is 4.98 Å². The highest BCUT2D eigenvalue weighted by atomic mass is 19.4. The zero-order valence-corrected chi connectivity index (χ0v) is 9.76. The quantitative estimate of drug-likeness (QED) is 0.805. The maximum atomic E-state index is 12.7. The van der Waals surface area contributed by atoms with Crippen LogP contribution in [0.2, 0.25) is 0 Å². The molecular formula is C10H6F6N2O2. The molecule has 0 aliphatic rings. The first-order chi connectivity index (χ1) is 9.08. The van der Waals surface area contributed by atoms with Gasteiger partial charge in [-0.05, 0) is 6.07 Å². The zero-order valence-electron chi connectivity index (χ0n) is 9.76. The Morgan fingerprint density at radius 3 is 2.25 bits per heavy atom. The molecule has 0 aliphatic carbocycles. The molecule has 0 N–H and O–H groups in total. The lowest BCUT2D eigenvalue weighted by molar-refractivity contribution is -0.277. The molecule has 0 atom stereocenters. The maximum Gasteiger partial charge on any atom is 0.574 e. The summed E-state index contributed by atoms with van der Waals surface area (Å²) in [5.74, 6) is -2.02. The Hall–Kier alpha value is -2.18. The highest BCUT2D eigenvalue weighted by Crippen LogP contribution is 2.38. The molecule has 110 valence electrons. The Labute approximate surface area is 108 Å². The van der Waals surface area contributed by atoms with Crippen molar-refractivity contribution in [3.63, 3.8) is 0 Å². The van der Waals surface area contributed by atoms with E-state index in [2.05, 4.69) is 14.5 Å². The number of alkyl halides is 6. The minimum absolute atomic E-state index is 0.605. The third kappa shape index (κ3) is 3.91. The number of methoxy groups -OCH3 is 1. The van der Waals surface area contributed by atoms with Gasteiger partial charge < -0.3 is 9.47 Å². The number of halogens is 6. The van der Waals surface area contributed by atoms with Gasteiger partial charge in [-0.25, -0.2) is 4.98 Å². The van der Waals surface area contributed by atoms with Crippen LogP contribution in [0.4, 0.5) is 26.3 Å². The summed E-state index contributed by atoms with van der Waals surface area (Å²) in [5.41, 5.74) is -2.23. The predicted molar refractivity (Wildman–Crippen MR) is 51.8 cm³/mol. The number of aromatic nitrogens is 1. The Morgan fingerprint density at radius 1 is 1.25 bits per heavy atom. The normalized spacial score (nSPS) is 11.9. The Balaban J connectivity index is 3.43. The van der Waals surface area contributed by atoms with E-state index in [0.717, 1.165) is 7.11 Å². The summed E-state index contributed by atoms with van der Waals surface area (Å²) in [7, 11) is 0.934. The molecule has 10 heteroatoms. The number of pyridine rings is 1. The van der Waals surface area contributed by atoms with Crippen LogP contribution < -0.4 is 9.47 Å². The summed E-state index contributed by atoms with van der Waals surface area (Å²) in [5, 5.41) is 8.43. The Kier molecular flexibility index (Phi) is 4.32. The second kappa shape index (κ2) is 5.44. The monoisotopic (exact) mass is 300 g/mol. The van der Waals surface area contributed by atoms with Crippen LogP contribution in [-0.2, 0) is 12.6 Å². The number of hydrogen-bond acceptors (Lipinski definition) is 4. The lowest BCUT2D eigenvalue weighted by Gasteiger charge is -2.16. The largest absolute Gasteiger partial charge is 0.574 e. The molecule has 1 heterocycles. The zero-order chi connectivity index (χ0) is 15.6.